The Bertz CT molecular complexity index is 708. The molecule has 2 aromatic carbocycles. The highest BCUT2D eigenvalue weighted by Gasteiger charge is 2.05. The number of aryl methyl sites for hydroxylation is 2. The maximum absolute atomic E-state index is 5.91. The summed E-state index contributed by atoms with van der Waals surface area (Å²) in [5.41, 5.74) is 6.08. The number of aromatic nitrogens is 1. The summed E-state index contributed by atoms with van der Waals surface area (Å²) in [5.74, 6) is 0. The number of nitrogens with one attached hydrogen (secondary N) is 1. The Labute approximate surface area is 111 Å². The second-order valence-electron chi connectivity index (χ2n) is 4.73. The number of H-pyrrole nitrogens is 1. The molecule has 18 heavy (non-hydrogen) atoms. The van der Waals surface area contributed by atoms with Crippen molar-refractivity contribution in [1.29, 1.82) is 0 Å². The van der Waals surface area contributed by atoms with Gasteiger partial charge < -0.3 is 4.98 Å². The Morgan fingerprint density at radius 1 is 0.944 bits per heavy atom. The molecule has 0 aliphatic carbocycles. The number of hydrogen-bond acceptors (Lipinski definition) is 0. The number of hydrogen-bond donors (Lipinski definition) is 1. The van der Waals surface area contributed by atoms with Crippen LogP contribution in [0, 0.1) is 13.8 Å². The zero-order valence-corrected chi connectivity index (χ0v) is 11.2. The second-order valence-corrected chi connectivity index (χ2v) is 5.17. The summed E-state index contributed by atoms with van der Waals surface area (Å²) in [7, 11) is 0. The van der Waals surface area contributed by atoms with Gasteiger partial charge in [0.1, 0.15) is 0 Å². The molecule has 3 rings (SSSR count). The van der Waals surface area contributed by atoms with Gasteiger partial charge in [0.05, 0.1) is 0 Å². The molecule has 0 bridgehead atoms. The van der Waals surface area contributed by atoms with Crippen LogP contribution in [0.1, 0.15) is 11.1 Å². The maximum atomic E-state index is 5.91. The predicted octanol–water partition coefficient (Wildman–Crippen LogP) is 5.11. The lowest BCUT2D eigenvalue weighted by atomic mass is 10.1. The SMILES string of the molecule is Cc1cc(C)c2cc(-c3ccc(Cl)cc3)[nH]c2c1. The third kappa shape index (κ3) is 1.91. The van der Waals surface area contributed by atoms with Gasteiger partial charge in [-0.1, -0.05) is 29.8 Å². The van der Waals surface area contributed by atoms with Gasteiger partial charge >= 0.3 is 0 Å². The lowest BCUT2D eigenvalue weighted by molar-refractivity contribution is 1.40. The zero-order chi connectivity index (χ0) is 12.7. The Hall–Kier alpha value is -1.73. The lowest BCUT2D eigenvalue weighted by Gasteiger charge is -1.97. The average Bonchev–Trinajstić information content (AvgIpc) is 2.74. The van der Waals surface area contributed by atoms with Crippen LogP contribution in [0.25, 0.3) is 22.2 Å². The average molecular weight is 256 g/mol. The van der Waals surface area contributed by atoms with Crippen molar-refractivity contribution in [3.63, 3.8) is 0 Å². The molecule has 0 aliphatic heterocycles. The van der Waals surface area contributed by atoms with Crippen molar-refractivity contribution in [2.75, 3.05) is 0 Å². The van der Waals surface area contributed by atoms with Gasteiger partial charge in [0.2, 0.25) is 0 Å². The summed E-state index contributed by atoms with van der Waals surface area (Å²) in [6.07, 6.45) is 0. The fourth-order valence-electron chi connectivity index (χ4n) is 2.38. The van der Waals surface area contributed by atoms with E-state index in [2.05, 4.69) is 37.0 Å². The first-order chi connectivity index (χ1) is 8.63. The highest BCUT2D eigenvalue weighted by Crippen LogP contribution is 2.27. The van der Waals surface area contributed by atoms with E-state index in [4.69, 9.17) is 11.6 Å². The van der Waals surface area contributed by atoms with E-state index in [1.807, 2.05) is 24.3 Å². The van der Waals surface area contributed by atoms with Gasteiger partial charge in [-0.3, -0.25) is 0 Å². The molecule has 1 N–H and O–H groups in total. The topological polar surface area (TPSA) is 15.8 Å². The van der Waals surface area contributed by atoms with Gasteiger partial charge in [0, 0.05) is 21.6 Å². The molecule has 90 valence electrons. The fourth-order valence-corrected chi connectivity index (χ4v) is 2.51. The van der Waals surface area contributed by atoms with E-state index < -0.39 is 0 Å². The van der Waals surface area contributed by atoms with Crippen LogP contribution in [-0.4, -0.2) is 4.98 Å². The van der Waals surface area contributed by atoms with Crippen molar-refractivity contribution in [3.8, 4) is 11.3 Å². The van der Waals surface area contributed by atoms with Crippen molar-refractivity contribution in [1.82, 2.24) is 4.98 Å². The van der Waals surface area contributed by atoms with E-state index >= 15 is 0 Å². The molecule has 0 saturated carbocycles. The van der Waals surface area contributed by atoms with E-state index in [1.54, 1.807) is 0 Å². The Kier molecular flexibility index (Phi) is 2.64. The summed E-state index contributed by atoms with van der Waals surface area (Å²) in [4.78, 5) is 3.47. The van der Waals surface area contributed by atoms with Gasteiger partial charge in [-0.2, -0.15) is 0 Å². The molecule has 0 saturated heterocycles. The summed E-state index contributed by atoms with van der Waals surface area (Å²) in [6.45, 7) is 4.27. The van der Waals surface area contributed by atoms with E-state index in [-0.39, 0.29) is 0 Å². The third-order valence-electron chi connectivity index (χ3n) is 3.24. The van der Waals surface area contributed by atoms with Crippen LogP contribution in [0.15, 0.2) is 42.5 Å². The quantitative estimate of drug-likeness (QED) is 0.622. The molecule has 1 aromatic heterocycles. The van der Waals surface area contributed by atoms with Crippen LogP contribution in [0.2, 0.25) is 5.02 Å². The molecule has 0 unspecified atom stereocenters. The minimum absolute atomic E-state index is 0.766. The summed E-state index contributed by atoms with van der Waals surface area (Å²) in [6, 6.07) is 14.5. The van der Waals surface area contributed by atoms with Gasteiger partial charge in [-0.25, -0.2) is 0 Å². The predicted molar refractivity (Wildman–Crippen MR) is 78.2 cm³/mol. The summed E-state index contributed by atoms with van der Waals surface area (Å²) >= 11 is 5.91. The van der Waals surface area contributed by atoms with E-state index in [9.17, 15) is 0 Å². The molecule has 0 atom stereocenters. The largest absolute Gasteiger partial charge is 0.355 e. The molecular weight excluding hydrogens is 242 g/mol. The highest BCUT2D eigenvalue weighted by molar-refractivity contribution is 6.30. The van der Waals surface area contributed by atoms with Crippen LogP contribution in [0.3, 0.4) is 0 Å². The van der Waals surface area contributed by atoms with Crippen LogP contribution < -0.4 is 0 Å². The first-order valence-electron chi connectivity index (χ1n) is 5.99. The molecule has 1 nitrogen and oxygen atoms in total. The van der Waals surface area contributed by atoms with E-state index in [0.717, 1.165) is 16.3 Å². The van der Waals surface area contributed by atoms with Crippen molar-refractivity contribution in [3.05, 3.63) is 58.6 Å². The number of rotatable bonds is 1. The molecule has 1 heterocycles. The Balaban J connectivity index is 2.19. The number of benzene rings is 2. The van der Waals surface area contributed by atoms with Crippen molar-refractivity contribution in [2.24, 2.45) is 0 Å². The molecule has 0 fully saturated rings. The van der Waals surface area contributed by atoms with Crippen LogP contribution >= 0.6 is 11.6 Å². The molecule has 0 amide bonds. The Morgan fingerprint density at radius 2 is 1.67 bits per heavy atom. The second kappa shape index (κ2) is 4.18. The van der Waals surface area contributed by atoms with Gasteiger partial charge in [0.15, 0.2) is 0 Å². The van der Waals surface area contributed by atoms with Crippen LogP contribution in [-0.2, 0) is 0 Å². The highest BCUT2D eigenvalue weighted by atomic mass is 35.5. The first kappa shape index (κ1) is 11.4. The van der Waals surface area contributed by atoms with Gasteiger partial charge in [0.25, 0.3) is 0 Å². The number of halogens is 1. The molecule has 3 aromatic rings. The third-order valence-corrected chi connectivity index (χ3v) is 3.50. The maximum Gasteiger partial charge on any atom is 0.0464 e. The van der Waals surface area contributed by atoms with E-state index in [0.29, 0.717) is 0 Å². The monoisotopic (exact) mass is 255 g/mol. The number of aromatic amines is 1. The van der Waals surface area contributed by atoms with Crippen LogP contribution in [0.5, 0.6) is 0 Å². The fraction of sp³-hybridized carbons (Fsp3) is 0.125. The molecule has 0 radical (unpaired) electrons. The number of fused-ring (bicyclic) bond motifs is 1. The van der Waals surface area contributed by atoms with Crippen molar-refractivity contribution >= 4 is 22.5 Å². The van der Waals surface area contributed by atoms with E-state index in [1.165, 1.54) is 22.0 Å². The molecule has 0 aliphatic rings. The smallest absolute Gasteiger partial charge is 0.0464 e. The normalized spacial score (nSPS) is 11.1. The Morgan fingerprint density at radius 3 is 2.39 bits per heavy atom. The van der Waals surface area contributed by atoms with Crippen molar-refractivity contribution < 1.29 is 0 Å². The van der Waals surface area contributed by atoms with Crippen LogP contribution in [0.4, 0.5) is 0 Å². The lowest BCUT2D eigenvalue weighted by Crippen LogP contribution is -1.78. The standard InChI is InChI=1S/C16H14ClN/c1-10-7-11(2)14-9-15(18-16(14)8-10)12-3-5-13(17)6-4-12/h3-9,18H,1-2H3. The van der Waals surface area contributed by atoms with Gasteiger partial charge in [-0.15, -0.1) is 0 Å². The molecule has 0 spiro atoms. The molecular formula is C16H14ClN. The van der Waals surface area contributed by atoms with Crippen molar-refractivity contribution in [2.45, 2.75) is 13.8 Å². The van der Waals surface area contributed by atoms with Gasteiger partial charge in [-0.05, 0) is 54.8 Å². The molecule has 2 heteroatoms. The minimum Gasteiger partial charge on any atom is -0.355 e. The minimum atomic E-state index is 0.766. The first-order valence-corrected chi connectivity index (χ1v) is 6.37. The summed E-state index contributed by atoms with van der Waals surface area (Å²) in [5, 5.41) is 2.05. The zero-order valence-electron chi connectivity index (χ0n) is 10.4. The summed E-state index contributed by atoms with van der Waals surface area (Å²) < 4.78 is 0.